The Morgan fingerprint density at radius 1 is 1.13 bits per heavy atom. The first-order chi connectivity index (χ1) is 14.3. The predicted molar refractivity (Wildman–Crippen MR) is 128 cm³/mol. The number of nitro groups is 1. The summed E-state index contributed by atoms with van der Waals surface area (Å²) >= 11 is 5.26. The Morgan fingerprint density at radius 3 is 2.33 bits per heavy atom. The van der Waals surface area contributed by atoms with Gasteiger partial charge in [-0.2, -0.15) is 5.10 Å². The van der Waals surface area contributed by atoms with Gasteiger partial charge in [-0.3, -0.25) is 15.5 Å². The highest BCUT2D eigenvalue weighted by Crippen LogP contribution is 2.26. The van der Waals surface area contributed by atoms with Crippen LogP contribution < -0.4 is 15.6 Å². The van der Waals surface area contributed by atoms with Crippen molar-refractivity contribution < 1.29 is 4.92 Å². The maximum atomic E-state index is 11.3. The minimum Gasteiger partial charge on any atom is -0.370 e. The smallest absolute Gasteiger partial charge is 0.270 e. The van der Waals surface area contributed by atoms with Gasteiger partial charge in [0.05, 0.1) is 11.1 Å². The fourth-order valence-corrected chi connectivity index (χ4v) is 3.21. The van der Waals surface area contributed by atoms with Crippen molar-refractivity contribution in [1.82, 2.24) is 5.43 Å². The van der Waals surface area contributed by atoms with Crippen LogP contribution >= 0.6 is 12.2 Å². The highest BCUT2D eigenvalue weighted by Gasteiger charge is 2.17. The SMILES string of the molecule is CC(C)CN(CC(C)C)c1ccc([N+](=O)[O-])cc1C=NNC(=S)Nc1ccccc1. The number of para-hydroxylation sites is 1. The normalized spacial score (nSPS) is 11.1. The summed E-state index contributed by atoms with van der Waals surface area (Å²) in [5.74, 6) is 0.897. The van der Waals surface area contributed by atoms with Gasteiger partial charge in [-0.05, 0) is 42.3 Å². The van der Waals surface area contributed by atoms with E-state index in [1.165, 1.54) is 6.07 Å². The van der Waals surface area contributed by atoms with Crippen molar-refractivity contribution >= 4 is 40.6 Å². The Labute approximate surface area is 183 Å². The zero-order valence-electron chi connectivity index (χ0n) is 17.8. The van der Waals surface area contributed by atoms with Crippen molar-refractivity contribution in [2.24, 2.45) is 16.9 Å². The van der Waals surface area contributed by atoms with Gasteiger partial charge in [0.15, 0.2) is 5.11 Å². The van der Waals surface area contributed by atoms with Crippen LogP contribution in [-0.2, 0) is 0 Å². The number of nitro benzene ring substituents is 1. The Kier molecular flexibility index (Phi) is 8.73. The van der Waals surface area contributed by atoms with E-state index >= 15 is 0 Å². The second kappa shape index (κ2) is 11.3. The van der Waals surface area contributed by atoms with Crippen LogP contribution in [0.25, 0.3) is 0 Å². The lowest BCUT2D eigenvalue weighted by molar-refractivity contribution is -0.384. The summed E-state index contributed by atoms with van der Waals surface area (Å²) in [7, 11) is 0. The molecule has 0 saturated carbocycles. The lowest BCUT2D eigenvalue weighted by Crippen LogP contribution is -2.32. The molecule has 2 rings (SSSR count). The van der Waals surface area contributed by atoms with Gasteiger partial charge in [0, 0.05) is 42.2 Å². The van der Waals surface area contributed by atoms with Crippen LogP contribution in [0.3, 0.4) is 0 Å². The van der Waals surface area contributed by atoms with E-state index in [1.807, 2.05) is 30.3 Å². The van der Waals surface area contributed by atoms with Crippen molar-refractivity contribution in [3.8, 4) is 0 Å². The maximum absolute atomic E-state index is 11.3. The number of hydrogen-bond donors (Lipinski definition) is 2. The third kappa shape index (κ3) is 7.44. The van der Waals surface area contributed by atoms with Crippen molar-refractivity contribution in [2.45, 2.75) is 27.7 Å². The molecule has 0 unspecified atom stereocenters. The van der Waals surface area contributed by atoms with Gasteiger partial charge >= 0.3 is 0 Å². The average molecular weight is 428 g/mol. The van der Waals surface area contributed by atoms with Crippen LogP contribution in [-0.4, -0.2) is 29.3 Å². The Balaban J connectivity index is 2.24. The summed E-state index contributed by atoms with van der Waals surface area (Å²) in [6, 6.07) is 14.4. The first-order valence-electron chi connectivity index (χ1n) is 9.94. The Bertz CT molecular complexity index is 874. The van der Waals surface area contributed by atoms with Crippen LogP contribution in [0.15, 0.2) is 53.6 Å². The van der Waals surface area contributed by atoms with Gasteiger partial charge in [-0.15, -0.1) is 0 Å². The molecule has 2 aromatic carbocycles. The fraction of sp³-hybridized carbons (Fsp3) is 0.364. The summed E-state index contributed by atoms with van der Waals surface area (Å²) in [6.07, 6.45) is 1.58. The maximum Gasteiger partial charge on any atom is 0.270 e. The van der Waals surface area contributed by atoms with E-state index in [4.69, 9.17) is 12.2 Å². The van der Waals surface area contributed by atoms with Crippen LogP contribution in [0.5, 0.6) is 0 Å². The molecule has 0 atom stereocenters. The van der Waals surface area contributed by atoms with E-state index < -0.39 is 4.92 Å². The molecule has 0 heterocycles. The van der Waals surface area contributed by atoms with Crippen LogP contribution in [0, 0.1) is 22.0 Å². The quantitative estimate of drug-likeness (QED) is 0.253. The van der Waals surface area contributed by atoms with Crippen molar-refractivity contribution in [2.75, 3.05) is 23.3 Å². The number of hydrogen-bond acceptors (Lipinski definition) is 5. The molecule has 0 spiro atoms. The lowest BCUT2D eigenvalue weighted by Gasteiger charge is -2.29. The third-order valence-corrected chi connectivity index (χ3v) is 4.33. The summed E-state index contributed by atoms with van der Waals surface area (Å²) in [5.41, 5.74) is 5.23. The third-order valence-electron chi connectivity index (χ3n) is 4.14. The molecule has 0 bridgehead atoms. The molecule has 160 valence electrons. The molecule has 7 nitrogen and oxygen atoms in total. The summed E-state index contributed by atoms with van der Waals surface area (Å²) in [4.78, 5) is 13.1. The van der Waals surface area contributed by atoms with Gasteiger partial charge in [0.1, 0.15) is 0 Å². The largest absolute Gasteiger partial charge is 0.370 e. The minimum atomic E-state index is -0.397. The lowest BCUT2D eigenvalue weighted by atomic mass is 10.1. The number of hydrazone groups is 1. The molecular formula is C22H29N5O2S. The van der Waals surface area contributed by atoms with Gasteiger partial charge < -0.3 is 10.2 Å². The Hall–Kier alpha value is -3.00. The molecule has 2 N–H and O–H groups in total. The average Bonchev–Trinajstić information content (AvgIpc) is 2.67. The number of non-ortho nitro benzene ring substituents is 1. The molecule has 0 aliphatic carbocycles. The molecule has 0 aliphatic rings. The molecule has 0 radical (unpaired) electrons. The van der Waals surface area contributed by atoms with Crippen molar-refractivity contribution in [3.63, 3.8) is 0 Å². The molecule has 8 heteroatoms. The van der Waals surface area contributed by atoms with E-state index in [1.54, 1.807) is 18.3 Å². The summed E-state index contributed by atoms with van der Waals surface area (Å²) in [6.45, 7) is 10.3. The summed E-state index contributed by atoms with van der Waals surface area (Å²) < 4.78 is 0. The van der Waals surface area contributed by atoms with Gasteiger partial charge in [0.2, 0.25) is 0 Å². The van der Waals surface area contributed by atoms with E-state index in [0.717, 1.165) is 24.5 Å². The molecule has 0 fully saturated rings. The van der Waals surface area contributed by atoms with Gasteiger partial charge in [0.25, 0.3) is 5.69 Å². The molecule has 2 aromatic rings. The second-order valence-electron chi connectivity index (χ2n) is 7.88. The minimum absolute atomic E-state index is 0.0271. The van der Waals surface area contributed by atoms with E-state index in [-0.39, 0.29) is 5.69 Å². The van der Waals surface area contributed by atoms with Crippen molar-refractivity contribution in [1.29, 1.82) is 0 Å². The standard InChI is InChI=1S/C22H29N5O2S/c1-16(2)14-26(15-17(3)4)21-11-10-20(27(28)29)12-18(21)13-23-25-22(30)24-19-8-6-5-7-9-19/h5-13,16-17H,14-15H2,1-4H3,(H2,24,25,30). The van der Waals surface area contributed by atoms with Crippen LogP contribution in [0.2, 0.25) is 0 Å². The number of nitrogens with one attached hydrogen (secondary N) is 2. The van der Waals surface area contributed by atoms with Crippen molar-refractivity contribution in [3.05, 3.63) is 64.2 Å². The van der Waals surface area contributed by atoms with Gasteiger partial charge in [-0.1, -0.05) is 45.9 Å². The molecule has 0 saturated heterocycles. The zero-order chi connectivity index (χ0) is 22.1. The number of rotatable bonds is 9. The second-order valence-corrected chi connectivity index (χ2v) is 8.29. The summed E-state index contributed by atoms with van der Waals surface area (Å²) in [5, 5.41) is 18.9. The van der Waals surface area contributed by atoms with E-state index in [9.17, 15) is 10.1 Å². The molecule has 30 heavy (non-hydrogen) atoms. The molecule has 0 amide bonds. The number of anilines is 2. The molecular weight excluding hydrogens is 398 g/mol. The zero-order valence-corrected chi connectivity index (χ0v) is 18.6. The number of benzene rings is 2. The highest BCUT2D eigenvalue weighted by molar-refractivity contribution is 7.80. The van der Waals surface area contributed by atoms with Crippen LogP contribution in [0.4, 0.5) is 17.1 Å². The number of nitrogens with zero attached hydrogens (tertiary/aromatic N) is 3. The predicted octanol–water partition coefficient (Wildman–Crippen LogP) is 5.03. The monoisotopic (exact) mass is 427 g/mol. The molecule has 0 aliphatic heterocycles. The first kappa shape index (κ1) is 23.3. The fourth-order valence-electron chi connectivity index (χ4n) is 3.04. The first-order valence-corrected chi connectivity index (χ1v) is 10.4. The van der Waals surface area contributed by atoms with E-state index in [2.05, 4.69) is 48.4 Å². The topological polar surface area (TPSA) is 82.8 Å². The van der Waals surface area contributed by atoms with Crippen LogP contribution in [0.1, 0.15) is 33.3 Å². The highest BCUT2D eigenvalue weighted by atomic mass is 32.1. The number of thiocarbonyl (C=S) groups is 1. The Morgan fingerprint density at radius 2 is 1.77 bits per heavy atom. The molecule has 0 aromatic heterocycles. The van der Waals surface area contributed by atoms with Gasteiger partial charge in [-0.25, -0.2) is 0 Å². The van der Waals surface area contributed by atoms with E-state index in [0.29, 0.717) is 22.5 Å².